The van der Waals surface area contributed by atoms with E-state index in [0.29, 0.717) is 18.5 Å². The summed E-state index contributed by atoms with van der Waals surface area (Å²) in [7, 11) is 1.64. The van der Waals surface area contributed by atoms with Gasteiger partial charge in [-0.05, 0) is 32.9 Å². The minimum Gasteiger partial charge on any atom is -0.497 e. The van der Waals surface area contributed by atoms with Crippen LogP contribution in [0.5, 0.6) is 11.5 Å². The predicted molar refractivity (Wildman–Crippen MR) is 95.3 cm³/mol. The van der Waals surface area contributed by atoms with Gasteiger partial charge in [-0.2, -0.15) is 0 Å². The molecule has 3 rings (SSSR count). The van der Waals surface area contributed by atoms with Gasteiger partial charge in [0.15, 0.2) is 5.82 Å². The number of hydrogen-bond donors (Lipinski definition) is 1. The lowest BCUT2D eigenvalue weighted by Crippen LogP contribution is -2.10. The van der Waals surface area contributed by atoms with E-state index < -0.39 is 0 Å². The molecular weight excluding hydrogens is 304 g/mol. The van der Waals surface area contributed by atoms with Crippen molar-refractivity contribution < 1.29 is 9.47 Å². The van der Waals surface area contributed by atoms with Crippen molar-refractivity contribution >= 4 is 16.7 Å². The Morgan fingerprint density at radius 1 is 1.21 bits per heavy atom. The number of rotatable bonds is 6. The van der Waals surface area contributed by atoms with Crippen molar-refractivity contribution in [2.24, 2.45) is 0 Å². The molecule has 0 bridgehead atoms. The molecule has 1 N–H and O–H groups in total. The van der Waals surface area contributed by atoms with Gasteiger partial charge in [-0.1, -0.05) is 0 Å². The van der Waals surface area contributed by atoms with Crippen LogP contribution in [0.15, 0.2) is 36.5 Å². The first-order chi connectivity index (χ1) is 11.6. The molecule has 126 valence electrons. The number of ether oxygens (including phenoxy) is 2. The first kappa shape index (κ1) is 16.1. The smallest absolute Gasteiger partial charge is 0.157 e. The molecule has 0 aliphatic rings. The number of nitrogens with one attached hydrogen (secondary N) is 1. The lowest BCUT2D eigenvalue weighted by atomic mass is 10.2. The summed E-state index contributed by atoms with van der Waals surface area (Å²) in [5, 5.41) is 8.76. The van der Waals surface area contributed by atoms with Gasteiger partial charge in [0, 0.05) is 35.8 Å². The van der Waals surface area contributed by atoms with Gasteiger partial charge in [-0.3, -0.25) is 0 Å². The number of hydrogen-bond acceptors (Lipinski definition) is 5. The van der Waals surface area contributed by atoms with Gasteiger partial charge >= 0.3 is 0 Å². The van der Waals surface area contributed by atoms with Crippen molar-refractivity contribution in [1.29, 1.82) is 0 Å². The zero-order valence-electron chi connectivity index (χ0n) is 14.4. The Labute approximate surface area is 141 Å². The molecule has 0 fully saturated rings. The fourth-order valence-electron chi connectivity index (χ4n) is 2.51. The molecule has 2 heterocycles. The Balaban J connectivity index is 2.08. The summed E-state index contributed by atoms with van der Waals surface area (Å²) in [6, 6.07) is 9.93. The number of methoxy groups -OCH3 is 1. The van der Waals surface area contributed by atoms with Gasteiger partial charge in [0.05, 0.1) is 19.2 Å². The number of fused-ring (bicyclic) bond motifs is 1. The summed E-state index contributed by atoms with van der Waals surface area (Å²) in [5.41, 5.74) is 0.809. The van der Waals surface area contributed by atoms with Crippen LogP contribution in [0.4, 0.5) is 5.82 Å². The van der Waals surface area contributed by atoms with E-state index in [1.54, 1.807) is 11.8 Å². The minimum absolute atomic E-state index is 0.321. The molecule has 0 saturated carbocycles. The summed E-state index contributed by atoms with van der Waals surface area (Å²) >= 11 is 0. The molecule has 1 aromatic carbocycles. The normalized spacial score (nSPS) is 11.0. The third kappa shape index (κ3) is 3.27. The van der Waals surface area contributed by atoms with Crippen molar-refractivity contribution in [3.8, 4) is 17.3 Å². The lowest BCUT2D eigenvalue weighted by Gasteiger charge is -2.11. The number of anilines is 1. The number of aromatic nitrogens is 3. The largest absolute Gasteiger partial charge is 0.497 e. The average molecular weight is 326 g/mol. The molecule has 0 saturated heterocycles. The van der Waals surface area contributed by atoms with Crippen molar-refractivity contribution in [1.82, 2.24) is 14.8 Å². The van der Waals surface area contributed by atoms with E-state index in [0.717, 1.165) is 28.2 Å². The second kappa shape index (κ2) is 6.78. The molecule has 0 radical (unpaired) electrons. The van der Waals surface area contributed by atoms with Crippen LogP contribution in [0, 0.1) is 0 Å². The van der Waals surface area contributed by atoms with Gasteiger partial charge < -0.3 is 14.8 Å². The Hall–Kier alpha value is -2.76. The van der Waals surface area contributed by atoms with E-state index >= 15 is 0 Å². The van der Waals surface area contributed by atoms with E-state index in [1.807, 2.05) is 43.5 Å². The quantitative estimate of drug-likeness (QED) is 0.749. The van der Waals surface area contributed by atoms with Crippen molar-refractivity contribution in [2.75, 3.05) is 19.0 Å². The van der Waals surface area contributed by atoms with Gasteiger partial charge in [-0.25, -0.2) is 9.67 Å². The van der Waals surface area contributed by atoms with Crippen LogP contribution in [0.25, 0.3) is 16.7 Å². The molecule has 24 heavy (non-hydrogen) atoms. The monoisotopic (exact) mass is 326 g/mol. The van der Waals surface area contributed by atoms with E-state index in [9.17, 15) is 0 Å². The van der Waals surface area contributed by atoms with Crippen molar-refractivity contribution in [2.45, 2.75) is 26.8 Å². The lowest BCUT2D eigenvalue weighted by molar-refractivity contribution is 0.344. The zero-order chi connectivity index (χ0) is 17.1. The predicted octanol–water partition coefficient (Wildman–Crippen LogP) is 3.65. The fourth-order valence-corrected chi connectivity index (χ4v) is 2.51. The van der Waals surface area contributed by atoms with Gasteiger partial charge in [0.2, 0.25) is 0 Å². The summed E-state index contributed by atoms with van der Waals surface area (Å²) in [4.78, 5) is 4.70. The van der Waals surface area contributed by atoms with Crippen LogP contribution in [0.2, 0.25) is 0 Å². The standard InChI is InChI=1S/C18H22N4O2/c1-5-24-16-11-18(22-9-8-17(21-22)19-12(2)3)20-15-10-13(23-4)6-7-14(15)16/h6-12H,5H2,1-4H3,(H,19,21). The van der Waals surface area contributed by atoms with Crippen LogP contribution in [0.3, 0.4) is 0 Å². The van der Waals surface area contributed by atoms with Gasteiger partial charge in [0.1, 0.15) is 17.3 Å². The van der Waals surface area contributed by atoms with Gasteiger partial charge in [-0.15, -0.1) is 5.10 Å². The second-order valence-corrected chi connectivity index (χ2v) is 5.74. The third-order valence-electron chi connectivity index (χ3n) is 3.53. The van der Waals surface area contributed by atoms with Crippen LogP contribution < -0.4 is 14.8 Å². The Morgan fingerprint density at radius 2 is 2.04 bits per heavy atom. The summed E-state index contributed by atoms with van der Waals surface area (Å²) in [5.74, 6) is 3.07. The Bertz CT molecular complexity index is 842. The van der Waals surface area contributed by atoms with E-state index in [-0.39, 0.29) is 0 Å². The van der Waals surface area contributed by atoms with Crippen molar-refractivity contribution in [3.05, 3.63) is 36.5 Å². The highest BCUT2D eigenvalue weighted by atomic mass is 16.5. The summed E-state index contributed by atoms with van der Waals surface area (Å²) in [6.07, 6.45) is 1.88. The topological polar surface area (TPSA) is 61.2 Å². The number of pyridine rings is 1. The molecule has 2 aromatic heterocycles. The van der Waals surface area contributed by atoms with Crippen LogP contribution in [-0.2, 0) is 0 Å². The van der Waals surface area contributed by atoms with E-state index in [1.165, 1.54) is 0 Å². The Kier molecular flexibility index (Phi) is 4.55. The van der Waals surface area contributed by atoms with Crippen LogP contribution >= 0.6 is 0 Å². The molecule has 3 aromatic rings. The molecule has 0 atom stereocenters. The van der Waals surface area contributed by atoms with E-state index in [4.69, 9.17) is 14.5 Å². The summed E-state index contributed by atoms with van der Waals surface area (Å²) in [6.45, 7) is 6.71. The highest BCUT2D eigenvalue weighted by Gasteiger charge is 2.11. The molecule has 6 heteroatoms. The maximum atomic E-state index is 5.79. The highest BCUT2D eigenvalue weighted by molar-refractivity contribution is 5.87. The molecule has 6 nitrogen and oxygen atoms in total. The SMILES string of the molecule is CCOc1cc(-n2ccc(NC(C)C)n2)nc2cc(OC)ccc12. The molecule has 0 spiro atoms. The number of benzene rings is 1. The molecule has 0 amide bonds. The zero-order valence-corrected chi connectivity index (χ0v) is 14.4. The first-order valence-corrected chi connectivity index (χ1v) is 8.05. The molecule has 0 aliphatic carbocycles. The molecule has 0 aliphatic heterocycles. The second-order valence-electron chi connectivity index (χ2n) is 5.74. The molecule has 0 unspecified atom stereocenters. The maximum Gasteiger partial charge on any atom is 0.157 e. The van der Waals surface area contributed by atoms with Crippen LogP contribution in [0.1, 0.15) is 20.8 Å². The Morgan fingerprint density at radius 3 is 2.75 bits per heavy atom. The number of nitrogens with zero attached hydrogens (tertiary/aromatic N) is 3. The average Bonchev–Trinajstić information content (AvgIpc) is 3.02. The minimum atomic E-state index is 0.321. The third-order valence-corrected chi connectivity index (χ3v) is 3.53. The van der Waals surface area contributed by atoms with E-state index in [2.05, 4.69) is 24.3 Å². The van der Waals surface area contributed by atoms with Crippen LogP contribution in [-0.4, -0.2) is 34.5 Å². The highest BCUT2D eigenvalue weighted by Crippen LogP contribution is 2.29. The molecular formula is C18H22N4O2. The first-order valence-electron chi connectivity index (χ1n) is 8.05. The van der Waals surface area contributed by atoms with Crippen molar-refractivity contribution in [3.63, 3.8) is 0 Å². The summed E-state index contributed by atoms with van der Waals surface area (Å²) < 4.78 is 12.8. The fraction of sp³-hybridized carbons (Fsp3) is 0.333. The maximum absolute atomic E-state index is 5.79. The van der Waals surface area contributed by atoms with Gasteiger partial charge in [0.25, 0.3) is 0 Å².